The van der Waals surface area contributed by atoms with E-state index in [9.17, 15) is 4.79 Å². The Kier molecular flexibility index (Phi) is 3.46. The van der Waals surface area contributed by atoms with Crippen LogP contribution in [0.1, 0.15) is 5.56 Å². The van der Waals surface area contributed by atoms with E-state index >= 15 is 0 Å². The van der Waals surface area contributed by atoms with E-state index in [1.165, 1.54) is 0 Å². The molecule has 0 aliphatic carbocycles. The summed E-state index contributed by atoms with van der Waals surface area (Å²) in [7, 11) is 1.61. The van der Waals surface area contributed by atoms with Crippen LogP contribution in [0.4, 0.5) is 0 Å². The second-order valence-corrected chi connectivity index (χ2v) is 4.83. The average Bonchev–Trinajstić information content (AvgIpc) is 2.95. The average molecular weight is 275 g/mol. The standard InChI is InChI=1S/C15H17NO4/c1-10-7-14(17)16(9-15-19-5-6-20-15)13-8-11(18-2)3-4-12(10)13/h3-4,7-8,15H,5-6,9H2,1-2H3. The molecule has 1 saturated heterocycles. The minimum atomic E-state index is -0.357. The van der Waals surface area contributed by atoms with Crippen molar-refractivity contribution in [1.82, 2.24) is 4.57 Å². The summed E-state index contributed by atoms with van der Waals surface area (Å²) in [5.41, 5.74) is 1.74. The lowest BCUT2D eigenvalue weighted by Gasteiger charge is -2.16. The second-order valence-electron chi connectivity index (χ2n) is 4.83. The van der Waals surface area contributed by atoms with Gasteiger partial charge in [-0.05, 0) is 24.6 Å². The fraction of sp³-hybridized carbons (Fsp3) is 0.400. The first-order valence-electron chi connectivity index (χ1n) is 6.60. The topological polar surface area (TPSA) is 49.7 Å². The van der Waals surface area contributed by atoms with Gasteiger partial charge in [0.2, 0.25) is 0 Å². The Morgan fingerprint density at radius 2 is 2.05 bits per heavy atom. The fourth-order valence-corrected chi connectivity index (χ4v) is 2.50. The van der Waals surface area contributed by atoms with Gasteiger partial charge in [0.15, 0.2) is 6.29 Å². The number of nitrogens with zero attached hydrogens (tertiary/aromatic N) is 1. The lowest BCUT2D eigenvalue weighted by molar-refractivity contribution is -0.0522. The number of hydrogen-bond donors (Lipinski definition) is 0. The maximum atomic E-state index is 12.3. The molecular weight excluding hydrogens is 258 g/mol. The number of aryl methyl sites for hydroxylation is 1. The van der Waals surface area contributed by atoms with E-state index in [4.69, 9.17) is 14.2 Å². The minimum absolute atomic E-state index is 0.0534. The van der Waals surface area contributed by atoms with Crippen molar-refractivity contribution in [2.24, 2.45) is 0 Å². The lowest BCUT2D eigenvalue weighted by atomic mass is 10.1. The van der Waals surface area contributed by atoms with E-state index in [1.54, 1.807) is 17.7 Å². The smallest absolute Gasteiger partial charge is 0.251 e. The first-order chi connectivity index (χ1) is 9.69. The van der Waals surface area contributed by atoms with Crippen molar-refractivity contribution in [2.75, 3.05) is 20.3 Å². The quantitative estimate of drug-likeness (QED) is 0.855. The van der Waals surface area contributed by atoms with Crippen LogP contribution in [-0.2, 0) is 16.0 Å². The third-order valence-electron chi connectivity index (χ3n) is 3.55. The van der Waals surface area contributed by atoms with Gasteiger partial charge in [-0.2, -0.15) is 0 Å². The molecule has 20 heavy (non-hydrogen) atoms. The van der Waals surface area contributed by atoms with Crippen molar-refractivity contribution >= 4 is 10.9 Å². The number of aromatic nitrogens is 1. The van der Waals surface area contributed by atoms with Crippen molar-refractivity contribution in [1.29, 1.82) is 0 Å². The molecule has 2 heterocycles. The van der Waals surface area contributed by atoms with Gasteiger partial charge in [-0.3, -0.25) is 4.79 Å². The molecule has 0 spiro atoms. The highest BCUT2D eigenvalue weighted by atomic mass is 16.7. The molecule has 5 nitrogen and oxygen atoms in total. The summed E-state index contributed by atoms with van der Waals surface area (Å²) in [6, 6.07) is 7.38. The van der Waals surface area contributed by atoms with Crippen LogP contribution in [0.5, 0.6) is 5.75 Å². The first kappa shape index (κ1) is 13.1. The van der Waals surface area contributed by atoms with Gasteiger partial charge in [0.1, 0.15) is 5.75 Å². The van der Waals surface area contributed by atoms with Crippen molar-refractivity contribution < 1.29 is 14.2 Å². The molecule has 106 valence electrons. The van der Waals surface area contributed by atoms with Crippen LogP contribution in [0.15, 0.2) is 29.1 Å². The number of rotatable bonds is 3. The molecule has 1 fully saturated rings. The van der Waals surface area contributed by atoms with Crippen molar-refractivity contribution in [3.8, 4) is 5.75 Å². The van der Waals surface area contributed by atoms with Crippen LogP contribution in [0, 0.1) is 6.92 Å². The third kappa shape index (κ3) is 2.30. The predicted molar refractivity (Wildman–Crippen MR) is 75.2 cm³/mol. The summed E-state index contributed by atoms with van der Waals surface area (Å²) < 4.78 is 17.8. The fourth-order valence-electron chi connectivity index (χ4n) is 2.50. The van der Waals surface area contributed by atoms with Crippen LogP contribution in [0.25, 0.3) is 10.9 Å². The van der Waals surface area contributed by atoms with Gasteiger partial charge in [-0.25, -0.2) is 0 Å². The van der Waals surface area contributed by atoms with E-state index in [0.717, 1.165) is 22.2 Å². The molecular formula is C15H17NO4. The Bertz CT molecular complexity index is 686. The number of hydrogen-bond acceptors (Lipinski definition) is 4. The normalized spacial score (nSPS) is 15.9. The van der Waals surface area contributed by atoms with Crippen LogP contribution in [0.2, 0.25) is 0 Å². The summed E-state index contributed by atoms with van der Waals surface area (Å²) in [6.45, 7) is 3.48. The zero-order valence-corrected chi connectivity index (χ0v) is 11.6. The van der Waals surface area contributed by atoms with E-state index in [2.05, 4.69) is 0 Å². The molecule has 1 aromatic heterocycles. The molecule has 0 amide bonds. The summed E-state index contributed by atoms with van der Waals surface area (Å²) in [5, 5.41) is 1.03. The summed E-state index contributed by atoms with van der Waals surface area (Å²) in [5.74, 6) is 0.726. The third-order valence-corrected chi connectivity index (χ3v) is 3.55. The molecule has 0 unspecified atom stereocenters. The van der Waals surface area contributed by atoms with Crippen molar-refractivity contribution in [3.63, 3.8) is 0 Å². The van der Waals surface area contributed by atoms with Crippen LogP contribution in [0.3, 0.4) is 0 Å². The van der Waals surface area contributed by atoms with E-state index in [0.29, 0.717) is 19.8 Å². The van der Waals surface area contributed by atoms with Gasteiger partial charge < -0.3 is 18.8 Å². The van der Waals surface area contributed by atoms with Crippen molar-refractivity contribution in [3.05, 3.63) is 40.2 Å². The van der Waals surface area contributed by atoms with Crippen LogP contribution >= 0.6 is 0 Å². The zero-order chi connectivity index (χ0) is 14.1. The molecule has 1 aliphatic heterocycles. The molecule has 3 rings (SSSR count). The van der Waals surface area contributed by atoms with E-state index in [1.807, 2.05) is 25.1 Å². The number of methoxy groups -OCH3 is 1. The molecule has 1 aliphatic rings. The van der Waals surface area contributed by atoms with E-state index in [-0.39, 0.29) is 11.8 Å². The van der Waals surface area contributed by atoms with Gasteiger partial charge in [0, 0.05) is 17.5 Å². The Labute approximate surface area is 116 Å². The van der Waals surface area contributed by atoms with Crippen LogP contribution in [-0.4, -0.2) is 31.2 Å². The van der Waals surface area contributed by atoms with Crippen LogP contribution < -0.4 is 10.3 Å². The molecule has 2 aromatic rings. The Balaban J connectivity index is 2.14. The molecule has 0 N–H and O–H groups in total. The largest absolute Gasteiger partial charge is 0.497 e. The minimum Gasteiger partial charge on any atom is -0.497 e. The summed E-state index contributed by atoms with van der Waals surface area (Å²) in [4.78, 5) is 12.3. The molecule has 5 heteroatoms. The van der Waals surface area contributed by atoms with Gasteiger partial charge in [-0.15, -0.1) is 0 Å². The molecule has 0 bridgehead atoms. The highest BCUT2D eigenvalue weighted by Gasteiger charge is 2.18. The Morgan fingerprint density at radius 3 is 2.75 bits per heavy atom. The molecule has 0 atom stereocenters. The zero-order valence-electron chi connectivity index (χ0n) is 11.6. The lowest BCUT2D eigenvalue weighted by Crippen LogP contribution is -2.27. The highest BCUT2D eigenvalue weighted by Crippen LogP contribution is 2.23. The number of fused-ring (bicyclic) bond motifs is 1. The Morgan fingerprint density at radius 1 is 1.30 bits per heavy atom. The monoisotopic (exact) mass is 275 g/mol. The molecule has 0 radical (unpaired) electrons. The second kappa shape index (κ2) is 5.26. The maximum absolute atomic E-state index is 12.3. The highest BCUT2D eigenvalue weighted by molar-refractivity contribution is 5.83. The van der Waals surface area contributed by atoms with Gasteiger partial charge in [-0.1, -0.05) is 0 Å². The van der Waals surface area contributed by atoms with Gasteiger partial charge in [0.05, 0.1) is 32.4 Å². The maximum Gasteiger partial charge on any atom is 0.251 e. The van der Waals surface area contributed by atoms with E-state index < -0.39 is 0 Å². The first-order valence-corrected chi connectivity index (χ1v) is 6.60. The Hall–Kier alpha value is -1.85. The van der Waals surface area contributed by atoms with Crippen molar-refractivity contribution in [2.45, 2.75) is 19.8 Å². The predicted octanol–water partition coefficient (Wildman–Crippen LogP) is 1.69. The number of pyridine rings is 1. The van der Waals surface area contributed by atoms with Gasteiger partial charge in [0.25, 0.3) is 5.56 Å². The SMILES string of the molecule is COc1ccc2c(C)cc(=O)n(CC3OCCO3)c2c1. The molecule has 1 aromatic carbocycles. The number of ether oxygens (including phenoxy) is 3. The summed E-state index contributed by atoms with van der Waals surface area (Å²) in [6.07, 6.45) is -0.357. The summed E-state index contributed by atoms with van der Waals surface area (Å²) >= 11 is 0. The number of benzene rings is 1. The van der Waals surface area contributed by atoms with Gasteiger partial charge >= 0.3 is 0 Å². The molecule has 0 saturated carbocycles.